The van der Waals surface area contributed by atoms with Gasteiger partial charge in [0.2, 0.25) is 0 Å². The number of aromatic nitrogens is 2. The van der Waals surface area contributed by atoms with Gasteiger partial charge in [0.15, 0.2) is 5.96 Å². The molecule has 0 aliphatic carbocycles. The van der Waals surface area contributed by atoms with Crippen molar-refractivity contribution in [2.45, 2.75) is 52.3 Å². The molecule has 0 unspecified atom stereocenters. The number of hydrogen-bond donors (Lipinski definition) is 2. The minimum Gasteiger partial charge on any atom is -0.356 e. The first kappa shape index (κ1) is 23.0. The van der Waals surface area contributed by atoms with Crippen molar-refractivity contribution in [1.82, 2.24) is 20.4 Å². The highest BCUT2D eigenvalue weighted by Gasteiger charge is 2.25. The van der Waals surface area contributed by atoms with Crippen molar-refractivity contribution in [3.05, 3.63) is 17.5 Å². The van der Waals surface area contributed by atoms with Crippen LogP contribution in [0.3, 0.4) is 0 Å². The number of aliphatic imine (C=N–C) groups is 1. The zero-order chi connectivity index (χ0) is 17.3. The molecule has 1 heterocycles. The summed E-state index contributed by atoms with van der Waals surface area (Å²) in [6.45, 7) is 6.00. The average Bonchev–Trinajstić information content (AvgIpc) is 2.77. The maximum absolute atomic E-state index is 12.0. The zero-order valence-electron chi connectivity index (χ0n) is 14.4. The van der Waals surface area contributed by atoms with Crippen LogP contribution in [0.15, 0.2) is 11.1 Å². The molecule has 24 heavy (non-hydrogen) atoms. The number of nitrogens with zero attached hydrogens (tertiary/aromatic N) is 3. The Morgan fingerprint density at radius 1 is 1.17 bits per heavy atom. The first-order chi connectivity index (χ1) is 10.8. The molecule has 0 aromatic carbocycles. The van der Waals surface area contributed by atoms with Gasteiger partial charge in [-0.1, -0.05) is 0 Å². The predicted octanol–water partition coefficient (Wildman–Crippen LogP) is 3.41. The van der Waals surface area contributed by atoms with E-state index in [1.54, 1.807) is 7.05 Å². The van der Waals surface area contributed by atoms with Crippen LogP contribution in [-0.4, -0.2) is 42.1 Å². The minimum atomic E-state index is -4.07. The van der Waals surface area contributed by atoms with Gasteiger partial charge < -0.3 is 10.6 Å². The van der Waals surface area contributed by atoms with E-state index in [0.29, 0.717) is 18.9 Å². The van der Waals surface area contributed by atoms with Crippen LogP contribution in [0.4, 0.5) is 13.2 Å². The second-order valence-electron chi connectivity index (χ2n) is 5.50. The van der Waals surface area contributed by atoms with E-state index in [1.165, 1.54) is 0 Å². The van der Waals surface area contributed by atoms with E-state index in [9.17, 15) is 13.2 Å². The molecule has 0 fully saturated rings. The van der Waals surface area contributed by atoms with E-state index >= 15 is 0 Å². The molecule has 1 aromatic heterocycles. The number of guanidine groups is 1. The molecule has 0 saturated carbocycles. The van der Waals surface area contributed by atoms with Crippen LogP contribution in [0.1, 0.15) is 37.1 Å². The number of halogens is 4. The Bertz CT molecular complexity index is 500. The molecule has 5 nitrogen and oxygen atoms in total. The predicted molar refractivity (Wildman–Crippen MR) is 101 cm³/mol. The van der Waals surface area contributed by atoms with Crippen molar-refractivity contribution in [3.8, 4) is 0 Å². The van der Waals surface area contributed by atoms with Crippen LogP contribution in [0.2, 0.25) is 0 Å². The fourth-order valence-corrected chi connectivity index (χ4v) is 2.21. The Hall–Kier alpha value is -1.00. The Balaban J connectivity index is 0.00000529. The van der Waals surface area contributed by atoms with Crippen LogP contribution in [0.25, 0.3) is 0 Å². The summed E-state index contributed by atoms with van der Waals surface area (Å²) >= 11 is 0. The molecule has 0 radical (unpaired) electrons. The van der Waals surface area contributed by atoms with Gasteiger partial charge in [0, 0.05) is 38.8 Å². The highest BCUT2D eigenvalue weighted by Crippen LogP contribution is 2.21. The van der Waals surface area contributed by atoms with E-state index in [1.807, 2.05) is 24.6 Å². The van der Waals surface area contributed by atoms with Crippen molar-refractivity contribution in [2.75, 3.05) is 20.1 Å². The third-order valence-corrected chi connectivity index (χ3v) is 3.35. The number of unbranched alkanes of at least 4 members (excludes halogenated alkanes) is 1. The number of nitrogens with one attached hydrogen (secondary N) is 2. The smallest absolute Gasteiger partial charge is 0.356 e. The number of rotatable bonds is 8. The maximum Gasteiger partial charge on any atom is 0.389 e. The normalized spacial score (nSPS) is 12.0. The van der Waals surface area contributed by atoms with Crippen molar-refractivity contribution < 1.29 is 13.2 Å². The first-order valence-corrected chi connectivity index (χ1v) is 7.84. The van der Waals surface area contributed by atoms with E-state index in [0.717, 1.165) is 30.9 Å². The van der Waals surface area contributed by atoms with E-state index in [4.69, 9.17) is 0 Å². The summed E-state index contributed by atoms with van der Waals surface area (Å²) < 4.78 is 38.0. The lowest BCUT2D eigenvalue weighted by Gasteiger charge is -2.12. The Kier molecular flexibility index (Phi) is 11.1. The van der Waals surface area contributed by atoms with Crippen molar-refractivity contribution >= 4 is 29.9 Å². The second-order valence-corrected chi connectivity index (χ2v) is 5.50. The Morgan fingerprint density at radius 2 is 1.79 bits per heavy atom. The fourth-order valence-electron chi connectivity index (χ4n) is 2.21. The maximum atomic E-state index is 12.0. The summed E-state index contributed by atoms with van der Waals surface area (Å²) in [6.07, 6.45) is -3.32. The van der Waals surface area contributed by atoms with Crippen LogP contribution in [0, 0.1) is 13.8 Å². The van der Waals surface area contributed by atoms with Gasteiger partial charge in [-0.3, -0.25) is 9.67 Å². The first-order valence-electron chi connectivity index (χ1n) is 7.84. The molecule has 0 bridgehead atoms. The molecule has 1 aromatic rings. The van der Waals surface area contributed by atoms with E-state index in [2.05, 4.69) is 20.7 Å². The number of aryl methyl sites for hydroxylation is 3. The van der Waals surface area contributed by atoms with Gasteiger partial charge in [-0.25, -0.2) is 0 Å². The van der Waals surface area contributed by atoms with Crippen molar-refractivity contribution in [3.63, 3.8) is 0 Å². The quantitative estimate of drug-likeness (QED) is 0.270. The summed E-state index contributed by atoms with van der Waals surface area (Å²) in [6, 6.07) is 2.04. The molecule has 2 N–H and O–H groups in total. The van der Waals surface area contributed by atoms with Gasteiger partial charge in [0.1, 0.15) is 0 Å². The van der Waals surface area contributed by atoms with Gasteiger partial charge in [-0.2, -0.15) is 18.3 Å². The number of alkyl halides is 3. The molecule has 0 spiro atoms. The molecule has 140 valence electrons. The molecule has 1 rings (SSSR count). The summed E-state index contributed by atoms with van der Waals surface area (Å²) in [5.41, 5.74) is 2.14. The van der Waals surface area contributed by atoms with Crippen LogP contribution >= 0.6 is 24.0 Å². The molecule has 0 aliphatic heterocycles. The van der Waals surface area contributed by atoms with E-state index in [-0.39, 0.29) is 30.4 Å². The molecular formula is C15H27F3IN5. The van der Waals surface area contributed by atoms with Crippen LogP contribution < -0.4 is 10.6 Å². The molecule has 0 aliphatic rings. The summed E-state index contributed by atoms with van der Waals surface area (Å²) in [5, 5.41) is 10.6. The summed E-state index contributed by atoms with van der Waals surface area (Å²) in [4.78, 5) is 4.05. The fraction of sp³-hybridized carbons (Fsp3) is 0.733. The molecule has 0 amide bonds. The molecule has 9 heteroatoms. The highest BCUT2D eigenvalue weighted by molar-refractivity contribution is 14.0. The standard InChI is InChI=1S/C15H26F3N5.HI/c1-12-11-13(2)23(22-12)10-6-9-21-14(19-3)20-8-5-4-7-15(16,17)18;/h11H,4-10H2,1-3H3,(H2,19,20,21);1H. The lowest BCUT2D eigenvalue weighted by atomic mass is 10.2. The molecular weight excluding hydrogens is 434 g/mol. The summed E-state index contributed by atoms with van der Waals surface area (Å²) in [7, 11) is 1.64. The van der Waals surface area contributed by atoms with Crippen LogP contribution in [-0.2, 0) is 6.54 Å². The SMILES string of the molecule is CN=C(NCCCCC(F)(F)F)NCCCn1nc(C)cc1C.I. The minimum absolute atomic E-state index is 0. The number of hydrogen-bond acceptors (Lipinski definition) is 2. The Morgan fingerprint density at radius 3 is 2.29 bits per heavy atom. The highest BCUT2D eigenvalue weighted by atomic mass is 127. The van der Waals surface area contributed by atoms with Gasteiger partial charge in [-0.15, -0.1) is 24.0 Å². The topological polar surface area (TPSA) is 54.2 Å². The van der Waals surface area contributed by atoms with Crippen molar-refractivity contribution in [1.29, 1.82) is 0 Å². The lowest BCUT2D eigenvalue weighted by molar-refractivity contribution is -0.135. The van der Waals surface area contributed by atoms with Gasteiger partial charge in [-0.05, 0) is 39.2 Å². The van der Waals surface area contributed by atoms with Gasteiger partial charge in [0.25, 0.3) is 0 Å². The van der Waals surface area contributed by atoms with Gasteiger partial charge in [0.05, 0.1) is 5.69 Å². The third-order valence-electron chi connectivity index (χ3n) is 3.35. The van der Waals surface area contributed by atoms with Gasteiger partial charge >= 0.3 is 6.18 Å². The molecule has 0 saturated heterocycles. The molecule has 0 atom stereocenters. The average molecular weight is 461 g/mol. The van der Waals surface area contributed by atoms with E-state index < -0.39 is 12.6 Å². The lowest BCUT2D eigenvalue weighted by Crippen LogP contribution is -2.38. The van der Waals surface area contributed by atoms with Crippen molar-refractivity contribution in [2.24, 2.45) is 4.99 Å². The third kappa shape index (κ3) is 9.99. The zero-order valence-corrected chi connectivity index (χ0v) is 16.7. The second kappa shape index (κ2) is 11.5. The monoisotopic (exact) mass is 461 g/mol. The van der Waals surface area contributed by atoms with Crippen LogP contribution in [0.5, 0.6) is 0 Å². The largest absolute Gasteiger partial charge is 0.389 e. The summed E-state index contributed by atoms with van der Waals surface area (Å²) in [5.74, 6) is 0.616. The Labute approximate surface area is 158 Å².